The molecule has 1 N–H and O–H groups in total. The summed E-state index contributed by atoms with van der Waals surface area (Å²) >= 11 is 0. The molecular formula is C26H45N3O2. The highest BCUT2D eigenvalue weighted by molar-refractivity contribution is 5.91. The first kappa shape index (κ1) is 27.0. The van der Waals surface area contributed by atoms with E-state index in [1.165, 1.54) is 0 Å². The van der Waals surface area contributed by atoms with Crippen molar-refractivity contribution in [2.24, 2.45) is 16.7 Å². The third kappa shape index (κ3) is 9.32. The van der Waals surface area contributed by atoms with Crippen molar-refractivity contribution in [1.82, 2.24) is 4.90 Å². The molecule has 31 heavy (non-hydrogen) atoms. The van der Waals surface area contributed by atoms with E-state index in [4.69, 9.17) is 0 Å². The van der Waals surface area contributed by atoms with Gasteiger partial charge in [-0.1, -0.05) is 55.4 Å². The maximum absolute atomic E-state index is 13.3. The summed E-state index contributed by atoms with van der Waals surface area (Å²) in [5, 5.41) is 3.04. The first-order valence-electron chi connectivity index (χ1n) is 11.4. The van der Waals surface area contributed by atoms with Gasteiger partial charge in [0, 0.05) is 50.9 Å². The molecule has 0 unspecified atom stereocenters. The minimum atomic E-state index is -0.0702. The van der Waals surface area contributed by atoms with Crippen molar-refractivity contribution in [2.75, 3.05) is 24.3 Å². The van der Waals surface area contributed by atoms with Crippen molar-refractivity contribution in [3.8, 4) is 0 Å². The summed E-state index contributed by atoms with van der Waals surface area (Å²) in [6, 6.07) is 6.09. The molecule has 1 aromatic rings. The number of carbonyl (C=O) groups is 2. The van der Waals surface area contributed by atoms with E-state index in [2.05, 4.69) is 72.5 Å². The Morgan fingerprint density at radius 2 is 1.48 bits per heavy atom. The van der Waals surface area contributed by atoms with Crippen molar-refractivity contribution in [3.05, 3.63) is 23.8 Å². The lowest BCUT2D eigenvalue weighted by Crippen LogP contribution is -2.42. The number of rotatable bonds is 8. The largest absolute Gasteiger partial charge is 0.377 e. The Kier molecular flexibility index (Phi) is 9.16. The summed E-state index contributed by atoms with van der Waals surface area (Å²) in [4.78, 5) is 29.8. The van der Waals surface area contributed by atoms with Gasteiger partial charge in [-0.2, -0.15) is 0 Å². The number of carbonyl (C=O) groups excluding carboxylic acids is 2. The van der Waals surface area contributed by atoms with Crippen LogP contribution in [-0.2, 0) is 16.1 Å². The third-order valence-corrected chi connectivity index (χ3v) is 5.33. The Morgan fingerprint density at radius 1 is 0.935 bits per heavy atom. The molecular weight excluding hydrogens is 386 g/mol. The Labute approximate surface area is 190 Å². The lowest BCUT2D eigenvalue weighted by atomic mass is 9.90. The zero-order valence-corrected chi connectivity index (χ0v) is 21.7. The van der Waals surface area contributed by atoms with Gasteiger partial charge in [0.05, 0.1) is 0 Å². The van der Waals surface area contributed by atoms with Crippen molar-refractivity contribution >= 4 is 23.2 Å². The predicted molar refractivity (Wildman–Crippen MR) is 132 cm³/mol. The van der Waals surface area contributed by atoms with Gasteiger partial charge in [0.15, 0.2) is 0 Å². The minimum absolute atomic E-state index is 0.00673. The lowest BCUT2D eigenvalue weighted by Gasteiger charge is -2.35. The van der Waals surface area contributed by atoms with Crippen LogP contribution < -0.4 is 10.2 Å². The average molecular weight is 432 g/mol. The van der Waals surface area contributed by atoms with Gasteiger partial charge in [-0.15, -0.1) is 0 Å². The second kappa shape index (κ2) is 10.5. The van der Waals surface area contributed by atoms with E-state index in [1.807, 2.05) is 37.2 Å². The van der Waals surface area contributed by atoms with Crippen molar-refractivity contribution < 1.29 is 9.59 Å². The number of nitrogens with zero attached hydrogens (tertiary/aromatic N) is 2. The van der Waals surface area contributed by atoms with Crippen LogP contribution in [0.5, 0.6) is 0 Å². The van der Waals surface area contributed by atoms with Gasteiger partial charge < -0.3 is 15.1 Å². The predicted octanol–water partition coefficient (Wildman–Crippen LogP) is 5.94. The van der Waals surface area contributed by atoms with Gasteiger partial charge in [0.2, 0.25) is 11.8 Å². The summed E-state index contributed by atoms with van der Waals surface area (Å²) in [5.74, 6) is 0.522. The number of nitrogens with one attached hydrogen (secondary N) is 1. The summed E-state index contributed by atoms with van der Waals surface area (Å²) < 4.78 is 0. The molecule has 0 radical (unpaired) electrons. The number of benzene rings is 1. The van der Waals surface area contributed by atoms with Gasteiger partial charge in [0.25, 0.3) is 0 Å². The minimum Gasteiger partial charge on any atom is -0.377 e. The van der Waals surface area contributed by atoms with Crippen LogP contribution in [0.3, 0.4) is 0 Å². The quantitative estimate of drug-likeness (QED) is 0.554. The first-order valence-corrected chi connectivity index (χ1v) is 11.4. The van der Waals surface area contributed by atoms with Crippen LogP contribution in [0.15, 0.2) is 18.2 Å². The van der Waals surface area contributed by atoms with Gasteiger partial charge in [0.1, 0.15) is 0 Å². The smallest absolute Gasteiger partial charge is 0.224 e. The number of anilines is 2. The topological polar surface area (TPSA) is 52.7 Å². The zero-order chi connectivity index (χ0) is 24.1. The average Bonchev–Trinajstić information content (AvgIpc) is 2.55. The molecule has 0 aliphatic rings. The summed E-state index contributed by atoms with van der Waals surface area (Å²) in [6.45, 7) is 19.4. The molecule has 0 heterocycles. The standard InChI is InChI=1S/C26H45N3O2/c1-18(2)19(3)29(24(31)16-26(7,8)9)17-20-14-21(12-13-22(20)28(10)11)27-23(30)15-25(4,5)6/h12-14,18-19H,15-17H2,1-11H3,(H,27,30)/t19-/m1/s1. The molecule has 0 spiro atoms. The number of amides is 2. The summed E-state index contributed by atoms with van der Waals surface area (Å²) in [7, 11) is 4.01. The fraction of sp³-hybridized carbons (Fsp3) is 0.692. The molecule has 0 saturated heterocycles. The van der Waals surface area contributed by atoms with Gasteiger partial charge in [-0.05, 0) is 47.4 Å². The molecule has 1 atom stereocenters. The molecule has 2 amide bonds. The van der Waals surface area contributed by atoms with Crippen molar-refractivity contribution in [1.29, 1.82) is 0 Å². The zero-order valence-electron chi connectivity index (χ0n) is 21.7. The fourth-order valence-electron chi connectivity index (χ4n) is 3.47. The second-order valence-electron chi connectivity index (χ2n) is 11.8. The molecule has 5 nitrogen and oxygen atoms in total. The highest BCUT2D eigenvalue weighted by Crippen LogP contribution is 2.29. The maximum Gasteiger partial charge on any atom is 0.224 e. The maximum atomic E-state index is 13.3. The number of hydrogen-bond acceptors (Lipinski definition) is 3. The van der Waals surface area contributed by atoms with Gasteiger partial charge in [-0.3, -0.25) is 9.59 Å². The van der Waals surface area contributed by atoms with E-state index in [1.54, 1.807) is 0 Å². The molecule has 0 aliphatic carbocycles. The molecule has 176 valence electrons. The molecule has 1 rings (SSSR count). The van der Waals surface area contributed by atoms with Crippen LogP contribution in [0.25, 0.3) is 0 Å². The van der Waals surface area contributed by atoms with Crippen molar-refractivity contribution in [3.63, 3.8) is 0 Å². The van der Waals surface area contributed by atoms with Crippen LogP contribution in [0.2, 0.25) is 0 Å². The van der Waals surface area contributed by atoms with E-state index < -0.39 is 0 Å². The van der Waals surface area contributed by atoms with Crippen molar-refractivity contribution in [2.45, 2.75) is 87.7 Å². The summed E-state index contributed by atoms with van der Waals surface area (Å²) in [6.07, 6.45) is 0.960. The van der Waals surface area contributed by atoms with Gasteiger partial charge >= 0.3 is 0 Å². The van der Waals surface area contributed by atoms with E-state index in [9.17, 15) is 9.59 Å². The molecule has 0 aromatic heterocycles. The summed E-state index contributed by atoms with van der Waals surface area (Å²) in [5.41, 5.74) is 2.72. The Hall–Kier alpha value is -2.04. The van der Waals surface area contributed by atoms with E-state index in [0.717, 1.165) is 16.9 Å². The van der Waals surface area contributed by atoms with Crippen LogP contribution >= 0.6 is 0 Å². The van der Waals surface area contributed by atoms with Crippen LogP contribution in [-0.4, -0.2) is 36.9 Å². The molecule has 0 bridgehead atoms. The fourth-order valence-corrected chi connectivity index (χ4v) is 3.47. The highest BCUT2D eigenvalue weighted by Gasteiger charge is 2.27. The molecule has 0 saturated carbocycles. The first-order chi connectivity index (χ1) is 14.0. The third-order valence-electron chi connectivity index (χ3n) is 5.33. The molecule has 0 fully saturated rings. The number of hydrogen-bond donors (Lipinski definition) is 1. The SMILES string of the molecule is CC(C)[C@@H](C)N(Cc1cc(NC(=O)CC(C)(C)C)ccc1N(C)C)C(=O)CC(C)(C)C. The van der Waals surface area contributed by atoms with E-state index >= 15 is 0 Å². The molecule has 1 aromatic carbocycles. The highest BCUT2D eigenvalue weighted by atomic mass is 16.2. The van der Waals surface area contributed by atoms with Crippen LogP contribution in [0, 0.1) is 16.7 Å². The molecule has 0 aliphatic heterocycles. The Morgan fingerprint density at radius 3 is 1.94 bits per heavy atom. The van der Waals surface area contributed by atoms with Gasteiger partial charge in [-0.25, -0.2) is 0 Å². The Bertz CT molecular complexity index is 755. The lowest BCUT2D eigenvalue weighted by molar-refractivity contribution is -0.136. The normalized spacial score (nSPS) is 13.2. The second-order valence-corrected chi connectivity index (χ2v) is 11.8. The molecule has 5 heteroatoms. The van der Waals surface area contributed by atoms with Crippen LogP contribution in [0.1, 0.15) is 80.7 Å². The Balaban J connectivity index is 3.27. The van der Waals surface area contributed by atoms with E-state index in [0.29, 0.717) is 25.3 Å². The van der Waals surface area contributed by atoms with E-state index in [-0.39, 0.29) is 28.7 Å². The van der Waals surface area contributed by atoms with Crippen LogP contribution in [0.4, 0.5) is 11.4 Å². The monoisotopic (exact) mass is 431 g/mol.